The third-order valence-corrected chi connectivity index (χ3v) is 5.56. The Labute approximate surface area is 176 Å². The van der Waals surface area contributed by atoms with Gasteiger partial charge in [0.2, 0.25) is 5.91 Å². The van der Waals surface area contributed by atoms with Crippen molar-refractivity contribution in [3.8, 4) is 0 Å². The van der Waals surface area contributed by atoms with Crippen LogP contribution in [0.2, 0.25) is 10.0 Å². The molecule has 1 aliphatic rings. The van der Waals surface area contributed by atoms with E-state index in [-0.39, 0.29) is 18.3 Å². The number of benzene rings is 2. The van der Waals surface area contributed by atoms with E-state index in [4.69, 9.17) is 28.9 Å². The monoisotopic (exact) mass is 427 g/mol. The van der Waals surface area contributed by atoms with Crippen molar-refractivity contribution in [3.63, 3.8) is 0 Å². The molecule has 3 N–H and O–H groups in total. The van der Waals surface area contributed by atoms with Crippen molar-refractivity contribution in [1.82, 2.24) is 4.90 Å². The molecule has 1 saturated heterocycles. The van der Waals surface area contributed by atoms with Crippen molar-refractivity contribution >= 4 is 47.2 Å². The number of nitrogens with zero attached hydrogens (tertiary/aromatic N) is 1. The van der Waals surface area contributed by atoms with Gasteiger partial charge in [-0.2, -0.15) is 0 Å². The first-order chi connectivity index (χ1) is 12.6. The van der Waals surface area contributed by atoms with Crippen LogP contribution in [0, 0.1) is 5.92 Å². The number of nitrogens with two attached hydrogens (primary N) is 1. The minimum atomic E-state index is -0.0903. The van der Waals surface area contributed by atoms with Gasteiger partial charge in [0.25, 0.3) is 0 Å². The van der Waals surface area contributed by atoms with Gasteiger partial charge in [0.1, 0.15) is 0 Å². The Bertz CT molecular complexity index is 737. The first-order valence-electron chi connectivity index (χ1n) is 8.79. The highest BCUT2D eigenvalue weighted by Crippen LogP contribution is 2.32. The number of anilines is 1. The number of rotatable bonds is 6. The van der Waals surface area contributed by atoms with Gasteiger partial charge in [-0.25, -0.2) is 0 Å². The van der Waals surface area contributed by atoms with Gasteiger partial charge < -0.3 is 16.0 Å². The molecule has 0 radical (unpaired) electrons. The molecule has 4 nitrogen and oxygen atoms in total. The average Bonchev–Trinajstić information content (AvgIpc) is 3.07. The molecule has 1 amide bonds. The first-order valence-corrected chi connectivity index (χ1v) is 9.55. The third kappa shape index (κ3) is 5.59. The fourth-order valence-corrected chi connectivity index (χ4v) is 4.03. The van der Waals surface area contributed by atoms with Crippen molar-refractivity contribution in [2.45, 2.75) is 12.3 Å². The van der Waals surface area contributed by atoms with Gasteiger partial charge in [-0.15, -0.1) is 12.4 Å². The normalized spacial score (nSPS) is 19.5. The molecule has 7 heteroatoms. The molecule has 0 spiro atoms. The van der Waals surface area contributed by atoms with Gasteiger partial charge >= 0.3 is 0 Å². The predicted octanol–water partition coefficient (Wildman–Crippen LogP) is 4.42. The molecule has 146 valence electrons. The Balaban J connectivity index is 0.00000261. The van der Waals surface area contributed by atoms with Crippen LogP contribution in [0.25, 0.3) is 0 Å². The lowest BCUT2D eigenvalue weighted by molar-refractivity contribution is -0.116. The zero-order valence-corrected chi connectivity index (χ0v) is 17.2. The summed E-state index contributed by atoms with van der Waals surface area (Å²) in [5.41, 5.74) is 7.77. The first kappa shape index (κ1) is 22.0. The Kier molecular flexibility index (Phi) is 8.39. The zero-order chi connectivity index (χ0) is 18.5. The smallest absolute Gasteiger partial charge is 0.225 e. The molecular weight excluding hydrogens is 405 g/mol. The van der Waals surface area contributed by atoms with E-state index in [9.17, 15) is 4.79 Å². The Morgan fingerprint density at radius 2 is 1.74 bits per heavy atom. The van der Waals surface area contributed by atoms with Crippen LogP contribution in [-0.2, 0) is 4.79 Å². The quantitative estimate of drug-likeness (QED) is 0.716. The summed E-state index contributed by atoms with van der Waals surface area (Å²) in [5.74, 6) is 0.744. The van der Waals surface area contributed by atoms with Gasteiger partial charge in [0.05, 0.1) is 15.7 Å². The van der Waals surface area contributed by atoms with Crippen molar-refractivity contribution < 1.29 is 4.79 Å². The summed E-state index contributed by atoms with van der Waals surface area (Å²) in [6.07, 6.45) is 0.389. The number of likely N-dealkylation sites (tertiary alicyclic amines) is 1. The maximum absolute atomic E-state index is 12.3. The van der Waals surface area contributed by atoms with Gasteiger partial charge in [0.15, 0.2) is 0 Å². The summed E-state index contributed by atoms with van der Waals surface area (Å²) in [5, 5.41) is 3.70. The predicted molar refractivity (Wildman–Crippen MR) is 115 cm³/mol. The van der Waals surface area contributed by atoms with Crippen LogP contribution in [0.5, 0.6) is 0 Å². The van der Waals surface area contributed by atoms with Crippen LogP contribution >= 0.6 is 35.6 Å². The minimum Gasteiger partial charge on any atom is -0.330 e. The summed E-state index contributed by atoms with van der Waals surface area (Å²) >= 11 is 12.2. The van der Waals surface area contributed by atoms with E-state index >= 15 is 0 Å². The number of nitrogens with one attached hydrogen (secondary N) is 1. The molecule has 1 heterocycles. The number of carbonyl (C=O) groups is 1. The fraction of sp³-hybridized carbons (Fsp3) is 0.350. The number of para-hydroxylation sites is 1. The summed E-state index contributed by atoms with van der Waals surface area (Å²) in [6.45, 7) is 3.17. The fourth-order valence-electron chi connectivity index (χ4n) is 3.54. The third-order valence-electron chi connectivity index (χ3n) is 4.93. The largest absolute Gasteiger partial charge is 0.330 e. The molecule has 2 aromatic carbocycles. The summed E-state index contributed by atoms with van der Waals surface area (Å²) in [4.78, 5) is 14.6. The minimum absolute atomic E-state index is 0. The molecule has 1 aliphatic heterocycles. The number of halogens is 3. The molecule has 0 aliphatic carbocycles. The van der Waals surface area contributed by atoms with Crippen LogP contribution in [-0.4, -0.2) is 37.0 Å². The van der Waals surface area contributed by atoms with Gasteiger partial charge in [-0.05, 0) is 30.2 Å². The molecule has 0 saturated carbocycles. The second-order valence-electron chi connectivity index (χ2n) is 6.67. The Morgan fingerprint density at radius 3 is 2.37 bits per heavy atom. The van der Waals surface area contributed by atoms with Crippen LogP contribution in [0.15, 0.2) is 48.5 Å². The van der Waals surface area contributed by atoms with Gasteiger partial charge in [-0.3, -0.25) is 4.79 Å². The molecule has 2 aromatic rings. The molecule has 0 aromatic heterocycles. The van der Waals surface area contributed by atoms with E-state index in [0.29, 0.717) is 47.1 Å². The number of hydrogen-bond donors (Lipinski definition) is 2. The van der Waals surface area contributed by atoms with Crippen molar-refractivity contribution in [2.75, 3.05) is 31.5 Å². The van der Waals surface area contributed by atoms with E-state index in [1.807, 2.05) is 6.07 Å². The standard InChI is InChI=1S/C20H23Cl2N3O.ClH/c21-17-7-4-8-18(22)20(17)24-19(26)9-10-25-12-15(11-23)16(13-25)14-5-2-1-3-6-14;/h1-8,15-16H,9-13,23H2,(H,24,26);1H/t15-,16+;/m1./s1. The topological polar surface area (TPSA) is 58.4 Å². The lowest BCUT2D eigenvalue weighted by Crippen LogP contribution is -2.27. The van der Waals surface area contributed by atoms with E-state index in [0.717, 1.165) is 13.1 Å². The number of hydrogen-bond acceptors (Lipinski definition) is 3. The second kappa shape index (κ2) is 10.3. The van der Waals surface area contributed by atoms with Crippen LogP contribution in [0.1, 0.15) is 17.9 Å². The Morgan fingerprint density at radius 1 is 1.07 bits per heavy atom. The summed E-state index contributed by atoms with van der Waals surface area (Å²) in [7, 11) is 0. The van der Waals surface area contributed by atoms with Gasteiger partial charge in [0, 0.05) is 32.0 Å². The molecule has 27 heavy (non-hydrogen) atoms. The average molecular weight is 429 g/mol. The summed E-state index contributed by atoms with van der Waals surface area (Å²) < 4.78 is 0. The Hall–Kier alpha value is -1.30. The lowest BCUT2D eigenvalue weighted by Gasteiger charge is -2.17. The highest BCUT2D eigenvalue weighted by molar-refractivity contribution is 6.39. The molecule has 3 rings (SSSR count). The van der Waals surface area contributed by atoms with E-state index in [1.165, 1.54) is 5.56 Å². The molecule has 0 unspecified atom stereocenters. The highest BCUT2D eigenvalue weighted by atomic mass is 35.5. The van der Waals surface area contributed by atoms with Gasteiger partial charge in [-0.1, -0.05) is 59.6 Å². The number of amides is 1. The van der Waals surface area contributed by atoms with Crippen molar-refractivity contribution in [2.24, 2.45) is 11.7 Å². The molecule has 2 atom stereocenters. The van der Waals surface area contributed by atoms with Crippen molar-refractivity contribution in [1.29, 1.82) is 0 Å². The maximum Gasteiger partial charge on any atom is 0.225 e. The van der Waals surface area contributed by atoms with E-state index in [1.54, 1.807) is 18.2 Å². The number of carbonyl (C=O) groups excluding carboxylic acids is 1. The van der Waals surface area contributed by atoms with Crippen molar-refractivity contribution in [3.05, 3.63) is 64.1 Å². The van der Waals surface area contributed by atoms with Crippen LogP contribution in [0.4, 0.5) is 5.69 Å². The van der Waals surface area contributed by atoms with Crippen LogP contribution < -0.4 is 11.1 Å². The second-order valence-corrected chi connectivity index (χ2v) is 7.48. The molecular formula is C20H24Cl3N3O. The zero-order valence-electron chi connectivity index (χ0n) is 14.9. The van der Waals surface area contributed by atoms with Crippen LogP contribution in [0.3, 0.4) is 0 Å². The SMILES string of the molecule is Cl.NC[C@@H]1CN(CCC(=O)Nc2c(Cl)cccc2Cl)C[C@H]1c1ccccc1. The molecule has 0 bridgehead atoms. The molecule has 1 fully saturated rings. The highest BCUT2D eigenvalue weighted by Gasteiger charge is 2.32. The van der Waals surface area contributed by atoms with E-state index in [2.05, 4.69) is 34.5 Å². The lowest BCUT2D eigenvalue weighted by atomic mass is 9.89. The summed E-state index contributed by atoms with van der Waals surface area (Å²) in [6, 6.07) is 15.6. The maximum atomic E-state index is 12.3. The van der Waals surface area contributed by atoms with E-state index < -0.39 is 0 Å².